The van der Waals surface area contributed by atoms with E-state index >= 15 is 0 Å². The normalized spacial score (nSPS) is 22.0. The van der Waals surface area contributed by atoms with Crippen LogP contribution >= 0.6 is 0 Å². The maximum atomic E-state index is 12.5. The van der Waals surface area contributed by atoms with Crippen LogP contribution in [0.15, 0.2) is 18.2 Å². The molecule has 2 atom stereocenters. The van der Waals surface area contributed by atoms with Crippen molar-refractivity contribution >= 4 is 5.91 Å². The van der Waals surface area contributed by atoms with Crippen LogP contribution in [-0.4, -0.2) is 44.5 Å². The van der Waals surface area contributed by atoms with E-state index in [0.29, 0.717) is 0 Å². The molecule has 2 fully saturated rings. The van der Waals surface area contributed by atoms with E-state index in [2.05, 4.69) is 10.1 Å². The van der Waals surface area contributed by atoms with Gasteiger partial charge in [-0.25, -0.2) is 4.39 Å². The Balaban J connectivity index is 0.000000265. The van der Waals surface area contributed by atoms with E-state index < -0.39 is 11.6 Å². The fourth-order valence-corrected chi connectivity index (χ4v) is 2.77. The largest absolute Gasteiger partial charge is 0.494 e. The highest BCUT2D eigenvalue weighted by atomic mass is 19.2. The molecular weight excluding hydrogens is 356 g/mol. The van der Waals surface area contributed by atoms with Crippen LogP contribution in [-0.2, 0) is 14.3 Å². The number of hydrogen-bond donors (Lipinski definition) is 1. The topological polar surface area (TPSA) is 56.8 Å². The Kier molecular flexibility index (Phi) is 10.9. The lowest BCUT2D eigenvalue weighted by atomic mass is 10.1. The van der Waals surface area contributed by atoms with Crippen LogP contribution in [0.2, 0.25) is 0 Å². The molecule has 3 rings (SSSR count). The quantitative estimate of drug-likeness (QED) is 0.856. The molecule has 2 heterocycles. The van der Waals surface area contributed by atoms with E-state index in [0.717, 1.165) is 45.0 Å². The van der Waals surface area contributed by atoms with Gasteiger partial charge in [-0.05, 0) is 44.7 Å². The summed E-state index contributed by atoms with van der Waals surface area (Å²) < 4.78 is 40.1. The Bertz CT molecular complexity index is 565. The molecule has 0 aromatic heterocycles. The molecule has 0 bridgehead atoms. The number of rotatable bonds is 3. The van der Waals surface area contributed by atoms with Gasteiger partial charge in [0.25, 0.3) is 0 Å². The highest BCUT2D eigenvalue weighted by Crippen LogP contribution is 2.20. The van der Waals surface area contributed by atoms with Crippen molar-refractivity contribution in [1.82, 2.24) is 5.32 Å². The van der Waals surface area contributed by atoms with Gasteiger partial charge in [0, 0.05) is 19.3 Å². The third-order valence-electron chi connectivity index (χ3n) is 4.23. The fraction of sp³-hybridized carbons (Fsp3) is 0.650. The summed E-state index contributed by atoms with van der Waals surface area (Å²) in [4.78, 5) is 11.8. The molecule has 5 nitrogen and oxygen atoms in total. The second-order valence-corrected chi connectivity index (χ2v) is 6.16. The maximum Gasteiger partial charge on any atom is 0.249 e. The first kappa shape index (κ1) is 23.3. The summed E-state index contributed by atoms with van der Waals surface area (Å²) in [5.74, 6) is -1.84. The van der Waals surface area contributed by atoms with Crippen molar-refractivity contribution in [3.8, 4) is 5.75 Å². The van der Waals surface area contributed by atoms with Crippen LogP contribution in [0.3, 0.4) is 0 Å². The molecule has 7 heteroatoms. The van der Waals surface area contributed by atoms with Gasteiger partial charge in [0.1, 0.15) is 6.10 Å². The van der Waals surface area contributed by atoms with Gasteiger partial charge < -0.3 is 19.5 Å². The predicted octanol–water partition coefficient (Wildman–Crippen LogP) is 3.85. The minimum Gasteiger partial charge on any atom is -0.494 e. The maximum absolute atomic E-state index is 12.5. The summed E-state index contributed by atoms with van der Waals surface area (Å²) in [5.41, 5.74) is 0. The Morgan fingerprint density at radius 1 is 1.15 bits per heavy atom. The molecule has 2 saturated heterocycles. The van der Waals surface area contributed by atoms with E-state index in [1.54, 1.807) is 0 Å². The zero-order chi connectivity index (χ0) is 20.2. The highest BCUT2D eigenvalue weighted by molar-refractivity contribution is 5.81. The SMILES string of the molecule is CC.CC1CCC(C(=O)NC2CCOCC2)O1.COc1cccc(F)c1F. The smallest absolute Gasteiger partial charge is 0.249 e. The molecule has 0 aliphatic carbocycles. The van der Waals surface area contributed by atoms with Crippen LogP contribution in [0.4, 0.5) is 8.78 Å². The number of ether oxygens (including phenoxy) is 3. The third-order valence-corrected chi connectivity index (χ3v) is 4.23. The lowest BCUT2D eigenvalue weighted by molar-refractivity contribution is -0.133. The van der Waals surface area contributed by atoms with Gasteiger partial charge in [0.2, 0.25) is 11.7 Å². The van der Waals surface area contributed by atoms with E-state index in [9.17, 15) is 13.6 Å². The monoisotopic (exact) mass is 387 g/mol. The molecule has 154 valence electrons. The first-order valence-electron chi connectivity index (χ1n) is 9.52. The number of halogens is 2. The van der Waals surface area contributed by atoms with Crippen LogP contribution in [0, 0.1) is 11.6 Å². The third kappa shape index (κ3) is 7.81. The average molecular weight is 387 g/mol. The number of amides is 1. The number of nitrogens with one attached hydrogen (secondary N) is 1. The summed E-state index contributed by atoms with van der Waals surface area (Å²) in [7, 11) is 1.29. The number of carbonyl (C=O) groups is 1. The van der Waals surface area contributed by atoms with Gasteiger partial charge in [-0.2, -0.15) is 4.39 Å². The van der Waals surface area contributed by atoms with Crippen molar-refractivity contribution in [1.29, 1.82) is 0 Å². The van der Waals surface area contributed by atoms with Gasteiger partial charge in [-0.15, -0.1) is 0 Å². The van der Waals surface area contributed by atoms with Crippen molar-refractivity contribution in [2.45, 2.75) is 64.7 Å². The molecule has 2 aliphatic heterocycles. The molecule has 2 aliphatic rings. The summed E-state index contributed by atoms with van der Waals surface area (Å²) in [5, 5.41) is 3.04. The van der Waals surface area contributed by atoms with Gasteiger partial charge >= 0.3 is 0 Å². The molecular formula is C20H31F2NO4. The minimum absolute atomic E-state index is 0.0613. The molecule has 27 heavy (non-hydrogen) atoms. The first-order valence-corrected chi connectivity index (χ1v) is 9.52. The molecule has 1 amide bonds. The summed E-state index contributed by atoms with van der Waals surface area (Å²) in [6, 6.07) is 4.07. The lowest BCUT2D eigenvalue weighted by Crippen LogP contribution is -2.43. The Labute approximate surface area is 160 Å². The van der Waals surface area contributed by atoms with Crippen LogP contribution in [0.1, 0.15) is 46.5 Å². The van der Waals surface area contributed by atoms with Crippen molar-refractivity contribution < 1.29 is 27.8 Å². The van der Waals surface area contributed by atoms with Crippen LogP contribution in [0.25, 0.3) is 0 Å². The molecule has 1 aromatic rings. The van der Waals surface area contributed by atoms with Crippen molar-refractivity contribution in [2.75, 3.05) is 20.3 Å². The van der Waals surface area contributed by atoms with Gasteiger partial charge in [0.05, 0.1) is 13.2 Å². The van der Waals surface area contributed by atoms with E-state index in [-0.39, 0.29) is 29.9 Å². The fourth-order valence-electron chi connectivity index (χ4n) is 2.77. The number of methoxy groups -OCH3 is 1. The van der Waals surface area contributed by atoms with Crippen molar-refractivity contribution in [2.24, 2.45) is 0 Å². The van der Waals surface area contributed by atoms with E-state index in [4.69, 9.17) is 9.47 Å². The molecule has 0 spiro atoms. The summed E-state index contributed by atoms with van der Waals surface area (Å²) in [6.45, 7) is 7.53. The number of hydrogen-bond acceptors (Lipinski definition) is 4. The molecule has 0 radical (unpaired) electrons. The predicted molar refractivity (Wildman–Crippen MR) is 99.8 cm³/mol. The molecule has 1 N–H and O–H groups in total. The highest BCUT2D eigenvalue weighted by Gasteiger charge is 2.29. The second-order valence-electron chi connectivity index (χ2n) is 6.16. The Hall–Kier alpha value is -1.73. The van der Waals surface area contributed by atoms with Crippen LogP contribution in [0.5, 0.6) is 5.75 Å². The number of benzene rings is 1. The van der Waals surface area contributed by atoms with Crippen molar-refractivity contribution in [3.05, 3.63) is 29.8 Å². The average Bonchev–Trinajstić information content (AvgIpc) is 3.13. The Morgan fingerprint density at radius 3 is 2.33 bits per heavy atom. The van der Waals surface area contributed by atoms with E-state index in [1.807, 2.05) is 20.8 Å². The van der Waals surface area contributed by atoms with Crippen molar-refractivity contribution in [3.63, 3.8) is 0 Å². The number of carbonyl (C=O) groups excluding carboxylic acids is 1. The first-order chi connectivity index (χ1) is 13.0. The standard InChI is InChI=1S/C11H19NO3.C7H6F2O.C2H6/c1-8-2-3-10(15-8)11(13)12-9-4-6-14-7-5-9;1-10-6-4-2-3-5(8)7(6)9;1-2/h8-10H,2-7H2,1H3,(H,12,13);2-4H,1H3;1-2H3. The molecule has 1 aromatic carbocycles. The molecule has 0 saturated carbocycles. The lowest BCUT2D eigenvalue weighted by Gasteiger charge is -2.24. The Morgan fingerprint density at radius 2 is 1.81 bits per heavy atom. The summed E-state index contributed by atoms with van der Waals surface area (Å²) in [6.07, 6.45) is 3.71. The van der Waals surface area contributed by atoms with Gasteiger partial charge in [0.15, 0.2) is 11.6 Å². The van der Waals surface area contributed by atoms with Crippen LogP contribution < -0.4 is 10.1 Å². The summed E-state index contributed by atoms with van der Waals surface area (Å²) >= 11 is 0. The van der Waals surface area contributed by atoms with E-state index in [1.165, 1.54) is 19.2 Å². The van der Waals surface area contributed by atoms with Gasteiger partial charge in [-0.1, -0.05) is 19.9 Å². The zero-order valence-electron chi connectivity index (χ0n) is 16.6. The second kappa shape index (κ2) is 12.6. The zero-order valence-corrected chi connectivity index (χ0v) is 16.6. The minimum atomic E-state index is -0.940. The molecule has 2 unspecified atom stereocenters. The van der Waals surface area contributed by atoms with Gasteiger partial charge in [-0.3, -0.25) is 4.79 Å².